The van der Waals surface area contributed by atoms with Crippen molar-refractivity contribution in [3.63, 3.8) is 0 Å². The number of hydrogen-bond donors (Lipinski definition) is 0. The zero-order chi connectivity index (χ0) is 15.4. The van der Waals surface area contributed by atoms with E-state index in [1.807, 2.05) is 24.3 Å². The number of likely N-dealkylation sites (tertiary alicyclic amines) is 2. The molecule has 0 aliphatic carbocycles. The molecule has 2 fully saturated rings. The second-order valence-electron chi connectivity index (χ2n) is 6.52. The lowest BCUT2D eigenvalue weighted by atomic mass is 9.97. The predicted octanol–water partition coefficient (Wildman–Crippen LogP) is 2.63. The molecule has 0 aromatic heterocycles. The number of piperidine rings is 1. The highest BCUT2D eigenvalue weighted by molar-refractivity contribution is 5.32. The molecule has 2 aliphatic rings. The van der Waals surface area contributed by atoms with Gasteiger partial charge in [-0.05, 0) is 38.4 Å². The van der Waals surface area contributed by atoms with Gasteiger partial charge in [0.05, 0.1) is 7.11 Å². The van der Waals surface area contributed by atoms with Gasteiger partial charge < -0.3 is 9.47 Å². The van der Waals surface area contributed by atoms with Crippen molar-refractivity contribution >= 4 is 0 Å². The fourth-order valence-corrected chi connectivity index (χ4v) is 3.58. The molecule has 1 aromatic rings. The van der Waals surface area contributed by atoms with Crippen molar-refractivity contribution in [1.82, 2.24) is 9.80 Å². The molecule has 0 amide bonds. The van der Waals surface area contributed by atoms with E-state index < -0.39 is 0 Å². The molecule has 0 saturated carbocycles. The minimum Gasteiger partial charge on any atom is -0.497 e. The fraction of sp³-hybridized carbons (Fsp3) is 0.667. The van der Waals surface area contributed by atoms with Crippen LogP contribution in [0.4, 0.5) is 0 Å². The molecule has 0 N–H and O–H groups in total. The van der Waals surface area contributed by atoms with Crippen LogP contribution >= 0.6 is 0 Å². The number of hydrogen-bond acceptors (Lipinski definition) is 4. The first-order chi connectivity index (χ1) is 10.8. The minimum atomic E-state index is 0.745. The van der Waals surface area contributed by atoms with Gasteiger partial charge in [-0.25, -0.2) is 0 Å². The highest BCUT2D eigenvalue weighted by Crippen LogP contribution is 2.24. The monoisotopic (exact) mass is 304 g/mol. The Kier molecular flexibility index (Phi) is 5.21. The van der Waals surface area contributed by atoms with Crippen LogP contribution < -0.4 is 9.47 Å². The molecule has 0 bridgehead atoms. The van der Waals surface area contributed by atoms with E-state index in [0.717, 1.165) is 36.7 Å². The van der Waals surface area contributed by atoms with Gasteiger partial charge in [-0.15, -0.1) is 0 Å². The summed E-state index contributed by atoms with van der Waals surface area (Å²) in [6.07, 6.45) is 4.15. The molecule has 4 heteroatoms. The highest BCUT2D eigenvalue weighted by atomic mass is 16.5. The Morgan fingerprint density at radius 2 is 2.00 bits per heavy atom. The van der Waals surface area contributed by atoms with Crippen LogP contribution in [0, 0.1) is 0 Å². The normalized spacial score (nSPS) is 24.0. The first kappa shape index (κ1) is 15.6. The molecule has 1 atom stereocenters. The van der Waals surface area contributed by atoms with Crippen LogP contribution in [0.5, 0.6) is 11.5 Å². The molecular formula is C18H28N2O2. The quantitative estimate of drug-likeness (QED) is 0.806. The van der Waals surface area contributed by atoms with Crippen molar-refractivity contribution in [1.29, 1.82) is 0 Å². The summed E-state index contributed by atoms with van der Waals surface area (Å²) >= 11 is 0. The van der Waals surface area contributed by atoms with Crippen molar-refractivity contribution in [2.75, 3.05) is 39.9 Å². The van der Waals surface area contributed by atoms with Crippen LogP contribution in [0.1, 0.15) is 26.2 Å². The van der Waals surface area contributed by atoms with Crippen LogP contribution in [0.25, 0.3) is 0 Å². The summed E-state index contributed by atoms with van der Waals surface area (Å²) < 4.78 is 11.0. The van der Waals surface area contributed by atoms with Crippen molar-refractivity contribution in [3.05, 3.63) is 24.3 Å². The minimum absolute atomic E-state index is 0.745. The molecular weight excluding hydrogens is 276 g/mol. The average molecular weight is 304 g/mol. The van der Waals surface area contributed by atoms with Crippen LogP contribution in [-0.4, -0.2) is 61.8 Å². The molecule has 1 aromatic carbocycles. The second-order valence-corrected chi connectivity index (χ2v) is 6.52. The number of benzene rings is 1. The molecule has 0 spiro atoms. The third-order valence-corrected chi connectivity index (χ3v) is 4.98. The summed E-state index contributed by atoms with van der Waals surface area (Å²) in [5.41, 5.74) is 0. The summed E-state index contributed by atoms with van der Waals surface area (Å²) in [5, 5.41) is 0. The van der Waals surface area contributed by atoms with E-state index in [2.05, 4.69) is 16.7 Å². The van der Waals surface area contributed by atoms with E-state index in [-0.39, 0.29) is 0 Å². The predicted molar refractivity (Wildman–Crippen MR) is 88.7 cm³/mol. The summed E-state index contributed by atoms with van der Waals surface area (Å²) in [6, 6.07) is 9.37. The van der Waals surface area contributed by atoms with Gasteiger partial charge in [-0.2, -0.15) is 0 Å². The Balaban J connectivity index is 1.36. The highest BCUT2D eigenvalue weighted by Gasteiger charge is 2.34. The maximum Gasteiger partial charge on any atom is 0.123 e. The molecule has 2 saturated heterocycles. The Morgan fingerprint density at radius 3 is 2.77 bits per heavy atom. The van der Waals surface area contributed by atoms with E-state index in [1.165, 1.54) is 38.9 Å². The van der Waals surface area contributed by atoms with Gasteiger partial charge in [0.1, 0.15) is 18.1 Å². The number of ether oxygens (including phenoxy) is 2. The maximum atomic E-state index is 5.82. The van der Waals surface area contributed by atoms with Crippen LogP contribution in [0.2, 0.25) is 0 Å². The molecule has 22 heavy (non-hydrogen) atoms. The largest absolute Gasteiger partial charge is 0.497 e. The van der Waals surface area contributed by atoms with Crippen molar-refractivity contribution in [2.24, 2.45) is 0 Å². The zero-order valence-corrected chi connectivity index (χ0v) is 13.8. The van der Waals surface area contributed by atoms with Gasteiger partial charge in [0, 0.05) is 37.8 Å². The Labute approximate surface area is 134 Å². The summed E-state index contributed by atoms with van der Waals surface area (Å²) in [6.45, 7) is 7.83. The van der Waals surface area contributed by atoms with E-state index >= 15 is 0 Å². The standard InChI is InChI=1S/C18H28N2O2/c1-15-6-3-4-9-20(15)16-13-19(14-16)10-11-22-18-8-5-7-17(12-18)21-2/h5,7-8,12,15-16H,3-4,6,9-11,13-14H2,1-2H3/t15-/m1/s1. The summed E-state index contributed by atoms with van der Waals surface area (Å²) in [5.74, 6) is 1.74. The Bertz CT molecular complexity index is 474. The molecule has 0 unspecified atom stereocenters. The summed E-state index contributed by atoms with van der Waals surface area (Å²) in [4.78, 5) is 5.20. The van der Waals surface area contributed by atoms with Gasteiger partial charge in [0.2, 0.25) is 0 Å². The topological polar surface area (TPSA) is 24.9 Å². The summed E-state index contributed by atoms with van der Waals surface area (Å²) in [7, 11) is 1.68. The fourth-order valence-electron chi connectivity index (χ4n) is 3.58. The zero-order valence-electron chi connectivity index (χ0n) is 13.8. The average Bonchev–Trinajstić information content (AvgIpc) is 2.51. The number of nitrogens with zero attached hydrogens (tertiary/aromatic N) is 2. The van der Waals surface area contributed by atoms with Crippen molar-refractivity contribution < 1.29 is 9.47 Å². The lowest BCUT2D eigenvalue weighted by Gasteiger charge is -2.49. The number of rotatable bonds is 6. The molecule has 122 valence electrons. The van der Waals surface area contributed by atoms with E-state index in [1.54, 1.807) is 7.11 Å². The van der Waals surface area contributed by atoms with Gasteiger partial charge in [0.15, 0.2) is 0 Å². The smallest absolute Gasteiger partial charge is 0.123 e. The number of methoxy groups -OCH3 is 1. The lowest BCUT2D eigenvalue weighted by molar-refractivity contribution is -0.00692. The third-order valence-electron chi connectivity index (χ3n) is 4.98. The van der Waals surface area contributed by atoms with Crippen LogP contribution in [0.3, 0.4) is 0 Å². The SMILES string of the molecule is COc1cccc(OCCN2CC(N3CCCC[C@H]3C)C2)c1. The van der Waals surface area contributed by atoms with Crippen LogP contribution in [-0.2, 0) is 0 Å². The van der Waals surface area contributed by atoms with E-state index in [0.29, 0.717) is 0 Å². The third kappa shape index (κ3) is 3.73. The van der Waals surface area contributed by atoms with Gasteiger partial charge >= 0.3 is 0 Å². The van der Waals surface area contributed by atoms with Gasteiger partial charge in [-0.3, -0.25) is 9.80 Å². The molecule has 4 nitrogen and oxygen atoms in total. The Morgan fingerprint density at radius 1 is 1.18 bits per heavy atom. The van der Waals surface area contributed by atoms with Crippen molar-refractivity contribution in [2.45, 2.75) is 38.3 Å². The maximum absolute atomic E-state index is 5.82. The first-order valence-electron chi connectivity index (χ1n) is 8.51. The van der Waals surface area contributed by atoms with E-state index in [4.69, 9.17) is 9.47 Å². The Hall–Kier alpha value is -1.26. The van der Waals surface area contributed by atoms with Gasteiger partial charge in [-0.1, -0.05) is 12.5 Å². The van der Waals surface area contributed by atoms with Crippen molar-refractivity contribution in [3.8, 4) is 11.5 Å². The second kappa shape index (κ2) is 7.34. The van der Waals surface area contributed by atoms with E-state index in [9.17, 15) is 0 Å². The molecule has 2 heterocycles. The van der Waals surface area contributed by atoms with Crippen LogP contribution in [0.15, 0.2) is 24.3 Å². The molecule has 3 rings (SSSR count). The first-order valence-corrected chi connectivity index (χ1v) is 8.51. The van der Waals surface area contributed by atoms with Gasteiger partial charge in [0.25, 0.3) is 0 Å². The molecule has 0 radical (unpaired) electrons. The lowest BCUT2D eigenvalue weighted by Crippen LogP contribution is -2.62. The molecule has 2 aliphatic heterocycles.